The Balaban J connectivity index is 1.63. The molecule has 3 amide bonds. The molecule has 1 fully saturated rings. The lowest BCUT2D eigenvalue weighted by atomic mass is 9.98. The molecule has 0 atom stereocenters. The minimum atomic E-state index is -4.57. The van der Waals surface area contributed by atoms with Crippen molar-refractivity contribution in [2.24, 2.45) is 0 Å². The first-order valence-corrected chi connectivity index (χ1v) is 11.8. The summed E-state index contributed by atoms with van der Waals surface area (Å²) in [5.41, 5.74) is 0.449. The number of rotatable bonds is 6. The van der Waals surface area contributed by atoms with Gasteiger partial charge in [0, 0.05) is 48.8 Å². The van der Waals surface area contributed by atoms with Crippen LogP contribution in [-0.2, 0) is 12.7 Å². The number of halogens is 3. The van der Waals surface area contributed by atoms with Gasteiger partial charge in [0.2, 0.25) is 5.43 Å². The second-order valence-corrected chi connectivity index (χ2v) is 9.14. The Kier molecular flexibility index (Phi) is 7.11. The van der Waals surface area contributed by atoms with Crippen molar-refractivity contribution in [1.29, 1.82) is 0 Å². The molecule has 0 bridgehead atoms. The Bertz CT molecular complexity index is 1400. The van der Waals surface area contributed by atoms with E-state index >= 15 is 0 Å². The van der Waals surface area contributed by atoms with E-state index in [9.17, 15) is 27.6 Å². The van der Waals surface area contributed by atoms with E-state index in [2.05, 4.69) is 10.6 Å². The van der Waals surface area contributed by atoms with Crippen molar-refractivity contribution in [3.8, 4) is 11.1 Å². The summed E-state index contributed by atoms with van der Waals surface area (Å²) >= 11 is 0. The van der Waals surface area contributed by atoms with Gasteiger partial charge in [0.05, 0.1) is 5.56 Å². The standard InChI is InChI=1S/C27H27F3N4O3/c1-16(2)34-15-22(24(35)23(17(34)3)19-5-4-6-20(13-19)27(28,29)30)25(36)32-14-18-7-9-21(10-8-18)33-12-11-31-26(33)37/h4-10,13,15-16H,11-12,14H2,1-3H3,(H,31,37)(H,32,36). The van der Waals surface area contributed by atoms with E-state index in [1.54, 1.807) is 40.7 Å². The molecule has 1 aliphatic rings. The fourth-order valence-corrected chi connectivity index (χ4v) is 4.40. The SMILES string of the molecule is Cc1c(-c2cccc(C(F)(F)F)c2)c(=O)c(C(=O)NCc2ccc(N3CCNC3=O)cc2)cn1C(C)C. The Hall–Kier alpha value is -4.08. The summed E-state index contributed by atoms with van der Waals surface area (Å²) in [5, 5.41) is 5.46. The van der Waals surface area contributed by atoms with Crippen LogP contribution in [0.4, 0.5) is 23.7 Å². The third-order valence-corrected chi connectivity index (χ3v) is 6.33. The van der Waals surface area contributed by atoms with Gasteiger partial charge in [-0.15, -0.1) is 0 Å². The zero-order valence-corrected chi connectivity index (χ0v) is 20.6. The smallest absolute Gasteiger partial charge is 0.348 e. The van der Waals surface area contributed by atoms with Crippen molar-refractivity contribution in [2.45, 2.75) is 39.5 Å². The number of hydrogen-bond acceptors (Lipinski definition) is 3. The van der Waals surface area contributed by atoms with Gasteiger partial charge in [-0.2, -0.15) is 13.2 Å². The maximum atomic E-state index is 13.4. The van der Waals surface area contributed by atoms with Gasteiger partial charge in [0.15, 0.2) is 0 Å². The predicted octanol–water partition coefficient (Wildman–Crippen LogP) is 4.88. The Morgan fingerprint density at radius 3 is 2.41 bits per heavy atom. The summed E-state index contributed by atoms with van der Waals surface area (Å²) in [5.74, 6) is -0.629. The van der Waals surface area contributed by atoms with Crippen molar-refractivity contribution in [2.75, 3.05) is 18.0 Å². The lowest BCUT2D eigenvalue weighted by Gasteiger charge is -2.20. The number of benzene rings is 2. The van der Waals surface area contributed by atoms with Gasteiger partial charge in [0.1, 0.15) is 5.56 Å². The van der Waals surface area contributed by atoms with Crippen LogP contribution < -0.4 is 21.0 Å². The van der Waals surface area contributed by atoms with Crippen LogP contribution in [0.3, 0.4) is 0 Å². The summed E-state index contributed by atoms with van der Waals surface area (Å²) in [6.07, 6.45) is -3.12. The quantitative estimate of drug-likeness (QED) is 0.494. The van der Waals surface area contributed by atoms with Gasteiger partial charge >= 0.3 is 12.2 Å². The van der Waals surface area contributed by atoms with Crippen LogP contribution in [0.25, 0.3) is 11.1 Å². The molecule has 0 spiro atoms. The molecule has 0 unspecified atom stereocenters. The topological polar surface area (TPSA) is 83.4 Å². The molecule has 0 aliphatic carbocycles. The molecule has 37 heavy (non-hydrogen) atoms. The molecule has 1 aliphatic heterocycles. The molecule has 2 heterocycles. The number of hydrogen-bond donors (Lipinski definition) is 2. The molecule has 7 nitrogen and oxygen atoms in total. The van der Waals surface area contributed by atoms with Crippen LogP contribution in [0.15, 0.2) is 59.5 Å². The number of nitrogens with zero attached hydrogens (tertiary/aromatic N) is 2. The normalized spacial score (nSPS) is 13.7. The largest absolute Gasteiger partial charge is 0.416 e. The van der Waals surface area contributed by atoms with Crippen LogP contribution >= 0.6 is 0 Å². The van der Waals surface area contributed by atoms with Crippen molar-refractivity contribution in [1.82, 2.24) is 15.2 Å². The first-order chi connectivity index (χ1) is 17.5. The zero-order chi connectivity index (χ0) is 26.9. The molecular weight excluding hydrogens is 485 g/mol. The van der Waals surface area contributed by atoms with Crippen molar-refractivity contribution < 1.29 is 22.8 Å². The van der Waals surface area contributed by atoms with Gasteiger partial charge < -0.3 is 15.2 Å². The fourth-order valence-electron chi connectivity index (χ4n) is 4.40. The molecule has 2 aromatic carbocycles. The molecule has 0 saturated carbocycles. The van der Waals surface area contributed by atoms with Crippen LogP contribution in [0, 0.1) is 6.92 Å². The average Bonchev–Trinajstić information content (AvgIpc) is 3.28. The summed E-state index contributed by atoms with van der Waals surface area (Å²) in [6.45, 7) is 6.64. The maximum absolute atomic E-state index is 13.4. The number of anilines is 1. The highest BCUT2D eigenvalue weighted by molar-refractivity contribution is 5.95. The van der Waals surface area contributed by atoms with E-state index in [-0.39, 0.29) is 35.3 Å². The van der Waals surface area contributed by atoms with Crippen LogP contribution in [0.2, 0.25) is 0 Å². The summed E-state index contributed by atoms with van der Waals surface area (Å²) in [4.78, 5) is 39.9. The Morgan fingerprint density at radius 1 is 1.11 bits per heavy atom. The minimum absolute atomic E-state index is 0.0562. The number of pyridine rings is 1. The second-order valence-electron chi connectivity index (χ2n) is 9.14. The van der Waals surface area contributed by atoms with Crippen molar-refractivity contribution >= 4 is 17.6 Å². The highest BCUT2D eigenvalue weighted by Crippen LogP contribution is 2.32. The van der Waals surface area contributed by atoms with Crippen LogP contribution in [0.1, 0.15) is 47.1 Å². The van der Waals surface area contributed by atoms with E-state index in [4.69, 9.17) is 0 Å². The van der Waals surface area contributed by atoms with Crippen LogP contribution in [-0.4, -0.2) is 29.6 Å². The van der Waals surface area contributed by atoms with Gasteiger partial charge in [-0.05, 0) is 56.2 Å². The predicted molar refractivity (Wildman–Crippen MR) is 135 cm³/mol. The van der Waals surface area contributed by atoms with Gasteiger partial charge in [-0.3, -0.25) is 14.5 Å². The van der Waals surface area contributed by atoms with Crippen molar-refractivity contribution in [3.05, 3.63) is 87.3 Å². The first-order valence-electron chi connectivity index (χ1n) is 11.8. The van der Waals surface area contributed by atoms with E-state index in [0.29, 0.717) is 18.8 Å². The minimum Gasteiger partial charge on any atom is -0.348 e. The molecule has 10 heteroatoms. The van der Waals surface area contributed by atoms with Gasteiger partial charge in [0.25, 0.3) is 5.91 Å². The number of nitrogens with one attached hydrogen (secondary N) is 2. The van der Waals surface area contributed by atoms with Crippen molar-refractivity contribution in [3.63, 3.8) is 0 Å². The lowest BCUT2D eigenvalue weighted by molar-refractivity contribution is -0.137. The van der Waals surface area contributed by atoms with Gasteiger partial charge in [-0.25, -0.2) is 4.79 Å². The van der Waals surface area contributed by atoms with Gasteiger partial charge in [-0.1, -0.05) is 24.3 Å². The van der Waals surface area contributed by atoms with E-state index in [1.165, 1.54) is 18.3 Å². The zero-order valence-electron chi connectivity index (χ0n) is 20.6. The molecule has 194 valence electrons. The molecule has 3 aromatic rings. The number of urea groups is 1. The Labute approximate surface area is 211 Å². The first kappa shape index (κ1) is 26.0. The van der Waals surface area contributed by atoms with E-state index < -0.39 is 23.1 Å². The molecule has 1 saturated heterocycles. The van der Waals surface area contributed by atoms with E-state index in [1.807, 2.05) is 13.8 Å². The summed E-state index contributed by atoms with van der Waals surface area (Å²) in [6, 6.07) is 11.3. The summed E-state index contributed by atoms with van der Waals surface area (Å²) in [7, 11) is 0. The number of carbonyl (C=O) groups is 2. The van der Waals surface area contributed by atoms with E-state index in [0.717, 1.165) is 23.4 Å². The number of alkyl halides is 3. The number of aromatic nitrogens is 1. The number of carbonyl (C=O) groups excluding carboxylic acids is 2. The summed E-state index contributed by atoms with van der Waals surface area (Å²) < 4.78 is 41.7. The highest BCUT2D eigenvalue weighted by atomic mass is 19.4. The highest BCUT2D eigenvalue weighted by Gasteiger charge is 2.31. The molecule has 2 N–H and O–H groups in total. The fraction of sp³-hybridized carbons (Fsp3) is 0.296. The molecule has 1 aromatic heterocycles. The van der Waals surface area contributed by atoms with Crippen LogP contribution in [0.5, 0.6) is 0 Å². The third-order valence-electron chi connectivity index (χ3n) is 6.33. The molecular formula is C27H27F3N4O3. The molecule has 4 rings (SSSR count). The third kappa shape index (κ3) is 5.37. The maximum Gasteiger partial charge on any atom is 0.416 e. The number of amides is 3. The lowest BCUT2D eigenvalue weighted by Crippen LogP contribution is -2.31. The molecule has 0 radical (unpaired) electrons. The average molecular weight is 513 g/mol. The Morgan fingerprint density at radius 2 is 1.81 bits per heavy atom. The second kappa shape index (κ2) is 10.1. The monoisotopic (exact) mass is 512 g/mol.